The van der Waals surface area contributed by atoms with Gasteiger partial charge in [0.15, 0.2) is 0 Å². The van der Waals surface area contributed by atoms with E-state index in [2.05, 4.69) is 15.3 Å². The second-order valence-electron chi connectivity index (χ2n) is 2.06. The smallest absolute Gasteiger partial charge is 0.201 e. The normalized spacial score (nSPS) is 10.5. The van der Waals surface area contributed by atoms with Gasteiger partial charge in [0.1, 0.15) is 5.52 Å². The molecule has 2 rings (SSSR count). The van der Waals surface area contributed by atoms with E-state index in [1.165, 1.54) is 0 Å². The number of pyridine rings is 1. The van der Waals surface area contributed by atoms with Gasteiger partial charge in [-0.3, -0.25) is 0 Å². The molecule has 0 spiro atoms. The van der Waals surface area contributed by atoms with Crippen molar-refractivity contribution in [2.24, 2.45) is 7.05 Å². The van der Waals surface area contributed by atoms with Gasteiger partial charge in [-0.05, 0) is 12.1 Å². The number of hydrogen-bond donors (Lipinski definition) is 0. The summed E-state index contributed by atoms with van der Waals surface area (Å²) in [6, 6.07) is 3.80. The minimum atomic E-state index is 0.699. The maximum atomic E-state index is 4.01. The summed E-state index contributed by atoms with van der Waals surface area (Å²) in [5.74, 6) is 0. The lowest BCUT2D eigenvalue weighted by Gasteiger charge is -1.86. The maximum Gasteiger partial charge on any atom is 0.201 e. The lowest BCUT2D eigenvalue weighted by Crippen LogP contribution is -1.88. The largest absolute Gasteiger partial charge is 0.246 e. The van der Waals surface area contributed by atoms with Gasteiger partial charge >= 0.3 is 0 Å². The van der Waals surface area contributed by atoms with Crippen molar-refractivity contribution in [3.05, 3.63) is 18.3 Å². The van der Waals surface area contributed by atoms with E-state index in [0.717, 1.165) is 5.52 Å². The van der Waals surface area contributed by atoms with Crippen LogP contribution in [0.1, 0.15) is 0 Å². The third-order valence-electron chi connectivity index (χ3n) is 1.39. The molecule has 4 nitrogen and oxygen atoms in total. The van der Waals surface area contributed by atoms with Crippen molar-refractivity contribution in [1.82, 2.24) is 20.0 Å². The summed E-state index contributed by atoms with van der Waals surface area (Å²) < 4.78 is 1.70. The van der Waals surface area contributed by atoms with E-state index in [9.17, 15) is 0 Å². The Morgan fingerprint density at radius 3 is 3.20 bits per heavy atom. The number of fused-ring (bicyclic) bond motifs is 1. The van der Waals surface area contributed by atoms with Crippen molar-refractivity contribution in [2.45, 2.75) is 0 Å². The summed E-state index contributed by atoms with van der Waals surface area (Å²) in [6.07, 6.45) is 1.71. The zero-order valence-corrected chi connectivity index (χ0v) is 5.52. The molecule has 0 amide bonds. The van der Waals surface area contributed by atoms with Crippen LogP contribution in [-0.4, -0.2) is 20.0 Å². The molecule has 2 heterocycles. The number of rotatable bonds is 0. The molecular weight excluding hydrogens is 128 g/mol. The Balaban J connectivity index is 2.93. The van der Waals surface area contributed by atoms with Crippen LogP contribution in [0.25, 0.3) is 11.2 Å². The fourth-order valence-electron chi connectivity index (χ4n) is 0.876. The van der Waals surface area contributed by atoms with Gasteiger partial charge in [0, 0.05) is 13.2 Å². The van der Waals surface area contributed by atoms with Gasteiger partial charge in [0.05, 0.1) is 0 Å². The Hall–Kier alpha value is -1.45. The Morgan fingerprint density at radius 2 is 2.40 bits per heavy atom. The van der Waals surface area contributed by atoms with Crippen LogP contribution < -0.4 is 0 Å². The monoisotopic (exact) mass is 134 g/mol. The molecule has 4 heteroatoms. The van der Waals surface area contributed by atoms with Crippen LogP contribution in [-0.2, 0) is 7.05 Å². The topological polar surface area (TPSA) is 43.6 Å². The molecule has 0 aromatic carbocycles. The van der Waals surface area contributed by atoms with Crippen LogP contribution in [0.3, 0.4) is 0 Å². The van der Waals surface area contributed by atoms with E-state index in [1.807, 2.05) is 19.2 Å². The van der Waals surface area contributed by atoms with Crippen LogP contribution in [0.2, 0.25) is 0 Å². The molecule has 0 saturated carbocycles. The second-order valence-corrected chi connectivity index (χ2v) is 2.06. The van der Waals surface area contributed by atoms with Gasteiger partial charge in [-0.15, -0.1) is 5.10 Å². The molecule has 50 valence electrons. The first kappa shape index (κ1) is 5.34. The minimum Gasteiger partial charge on any atom is -0.246 e. The van der Waals surface area contributed by atoms with Crippen molar-refractivity contribution >= 4 is 11.2 Å². The predicted molar refractivity (Wildman–Crippen MR) is 36.3 cm³/mol. The standard InChI is InChI=1S/C6H6N4/c1-10-5-3-2-4-7-6(5)8-9-10/h2-4H,1H3. The molecule has 0 radical (unpaired) electrons. The van der Waals surface area contributed by atoms with E-state index in [1.54, 1.807) is 10.9 Å². The molecule has 0 aliphatic rings. The third-order valence-corrected chi connectivity index (χ3v) is 1.39. The number of aromatic nitrogens is 4. The van der Waals surface area contributed by atoms with Gasteiger partial charge in [-0.2, -0.15) is 0 Å². The molecular formula is C6H6N4. The van der Waals surface area contributed by atoms with Crippen molar-refractivity contribution in [1.29, 1.82) is 0 Å². The van der Waals surface area contributed by atoms with Crippen LogP contribution in [0.15, 0.2) is 18.3 Å². The van der Waals surface area contributed by atoms with Crippen molar-refractivity contribution in [3.63, 3.8) is 0 Å². The molecule has 0 bridgehead atoms. The van der Waals surface area contributed by atoms with Crippen LogP contribution in [0.4, 0.5) is 0 Å². The first-order valence-corrected chi connectivity index (χ1v) is 2.98. The Bertz CT molecular complexity index is 351. The summed E-state index contributed by atoms with van der Waals surface area (Å²) >= 11 is 0. The van der Waals surface area contributed by atoms with Crippen molar-refractivity contribution in [2.75, 3.05) is 0 Å². The van der Waals surface area contributed by atoms with E-state index in [-0.39, 0.29) is 0 Å². The number of nitrogens with zero attached hydrogens (tertiary/aromatic N) is 4. The van der Waals surface area contributed by atoms with Crippen molar-refractivity contribution in [3.8, 4) is 0 Å². The molecule has 2 aromatic rings. The summed E-state index contributed by atoms with van der Waals surface area (Å²) in [5, 5.41) is 7.62. The predicted octanol–water partition coefficient (Wildman–Crippen LogP) is 0.363. The SMILES string of the molecule is Cn1nnc2ncccc21. The van der Waals surface area contributed by atoms with Gasteiger partial charge in [0.25, 0.3) is 0 Å². The average Bonchev–Trinajstić information content (AvgIpc) is 2.34. The highest BCUT2D eigenvalue weighted by atomic mass is 15.4. The molecule has 0 aliphatic carbocycles. The molecule has 0 fully saturated rings. The number of aryl methyl sites for hydroxylation is 1. The molecule has 10 heavy (non-hydrogen) atoms. The highest BCUT2D eigenvalue weighted by Gasteiger charge is 1.97. The Labute approximate surface area is 57.5 Å². The first-order valence-electron chi connectivity index (χ1n) is 2.98. The van der Waals surface area contributed by atoms with Crippen LogP contribution in [0.5, 0.6) is 0 Å². The summed E-state index contributed by atoms with van der Waals surface area (Å²) in [5.41, 5.74) is 1.66. The Morgan fingerprint density at radius 1 is 1.50 bits per heavy atom. The van der Waals surface area contributed by atoms with E-state index in [4.69, 9.17) is 0 Å². The summed E-state index contributed by atoms with van der Waals surface area (Å²) in [7, 11) is 1.84. The molecule has 0 aliphatic heterocycles. The third kappa shape index (κ3) is 0.586. The molecule has 2 aromatic heterocycles. The van der Waals surface area contributed by atoms with Gasteiger partial charge in [0.2, 0.25) is 5.65 Å². The van der Waals surface area contributed by atoms with Crippen LogP contribution in [0, 0.1) is 0 Å². The molecule has 0 saturated heterocycles. The van der Waals surface area contributed by atoms with E-state index in [0.29, 0.717) is 5.65 Å². The maximum absolute atomic E-state index is 4.01. The highest BCUT2D eigenvalue weighted by molar-refractivity contribution is 5.68. The highest BCUT2D eigenvalue weighted by Crippen LogP contribution is 2.03. The van der Waals surface area contributed by atoms with Crippen LogP contribution >= 0.6 is 0 Å². The molecule has 0 atom stereocenters. The quantitative estimate of drug-likeness (QED) is 0.522. The number of hydrogen-bond acceptors (Lipinski definition) is 3. The summed E-state index contributed by atoms with van der Waals surface area (Å²) in [4.78, 5) is 4.01. The fourth-order valence-corrected chi connectivity index (χ4v) is 0.876. The summed E-state index contributed by atoms with van der Waals surface area (Å²) in [6.45, 7) is 0. The second kappa shape index (κ2) is 1.76. The minimum absolute atomic E-state index is 0.699. The lowest BCUT2D eigenvalue weighted by atomic mass is 10.4. The van der Waals surface area contributed by atoms with E-state index >= 15 is 0 Å². The lowest BCUT2D eigenvalue weighted by molar-refractivity contribution is 0.736. The van der Waals surface area contributed by atoms with Gasteiger partial charge < -0.3 is 0 Å². The zero-order chi connectivity index (χ0) is 6.97. The zero-order valence-electron chi connectivity index (χ0n) is 5.52. The first-order chi connectivity index (χ1) is 4.88. The van der Waals surface area contributed by atoms with Gasteiger partial charge in [-0.25, -0.2) is 9.67 Å². The average molecular weight is 134 g/mol. The van der Waals surface area contributed by atoms with E-state index < -0.39 is 0 Å². The Kier molecular flexibility index (Phi) is 0.943. The van der Waals surface area contributed by atoms with Crippen molar-refractivity contribution < 1.29 is 0 Å². The fraction of sp³-hybridized carbons (Fsp3) is 0.167. The molecule has 0 unspecified atom stereocenters. The van der Waals surface area contributed by atoms with Gasteiger partial charge in [-0.1, -0.05) is 5.21 Å². The molecule has 0 N–H and O–H groups in total.